The van der Waals surface area contributed by atoms with Crippen LogP contribution in [0.3, 0.4) is 0 Å². The van der Waals surface area contributed by atoms with Gasteiger partial charge in [-0.1, -0.05) is 36.4 Å². The van der Waals surface area contributed by atoms with Crippen molar-refractivity contribution in [3.63, 3.8) is 0 Å². The van der Waals surface area contributed by atoms with Gasteiger partial charge in [0, 0.05) is 12.2 Å². The summed E-state index contributed by atoms with van der Waals surface area (Å²) in [7, 11) is 0. The predicted octanol–water partition coefficient (Wildman–Crippen LogP) is 2.48. The van der Waals surface area contributed by atoms with E-state index in [1.165, 1.54) is 17.0 Å². The first-order valence-corrected chi connectivity index (χ1v) is 8.44. The summed E-state index contributed by atoms with van der Waals surface area (Å²) in [4.78, 5) is 37.2. The number of nitrogens with zero attached hydrogens (tertiary/aromatic N) is 1. The number of aryl methyl sites for hydroxylation is 1. The van der Waals surface area contributed by atoms with Crippen molar-refractivity contribution in [2.75, 3.05) is 11.9 Å². The summed E-state index contributed by atoms with van der Waals surface area (Å²) in [6.45, 7) is 2.16. The summed E-state index contributed by atoms with van der Waals surface area (Å²) in [5.41, 5.74) is 2.57. The number of aromatic carboxylic acids is 1. The SMILES string of the molecule is Cc1ccc(C(=O)O)cc1N[C@@H]1CC(=O)N(CCc2ccccc2)C1=O. The van der Waals surface area contributed by atoms with E-state index in [0.29, 0.717) is 18.7 Å². The molecule has 2 aromatic carbocycles. The molecule has 0 aromatic heterocycles. The van der Waals surface area contributed by atoms with E-state index >= 15 is 0 Å². The standard InChI is InChI=1S/C20H20N2O4/c1-13-7-8-15(20(25)26)11-16(13)21-17-12-18(23)22(19(17)24)10-9-14-5-3-2-4-6-14/h2-8,11,17,21H,9-10,12H2,1H3,(H,25,26)/t17-/m1/s1. The van der Waals surface area contributed by atoms with Gasteiger partial charge in [-0.05, 0) is 36.6 Å². The Labute approximate surface area is 151 Å². The highest BCUT2D eigenvalue weighted by Crippen LogP contribution is 2.23. The number of nitrogens with one attached hydrogen (secondary N) is 1. The van der Waals surface area contributed by atoms with Crippen LogP contribution < -0.4 is 5.32 Å². The first kappa shape index (κ1) is 17.7. The second kappa shape index (κ2) is 7.39. The second-order valence-electron chi connectivity index (χ2n) is 6.36. The molecule has 0 bridgehead atoms. The molecule has 1 atom stereocenters. The number of hydrogen-bond donors (Lipinski definition) is 2. The lowest BCUT2D eigenvalue weighted by Crippen LogP contribution is -2.36. The number of benzene rings is 2. The largest absolute Gasteiger partial charge is 0.478 e. The van der Waals surface area contributed by atoms with Crippen molar-refractivity contribution in [1.82, 2.24) is 4.90 Å². The summed E-state index contributed by atoms with van der Waals surface area (Å²) in [6.07, 6.45) is 0.683. The molecule has 0 saturated carbocycles. The summed E-state index contributed by atoms with van der Waals surface area (Å²) >= 11 is 0. The lowest BCUT2D eigenvalue weighted by atomic mass is 10.1. The van der Waals surface area contributed by atoms with Gasteiger partial charge in [0.2, 0.25) is 5.91 Å². The Bertz CT molecular complexity index is 848. The van der Waals surface area contributed by atoms with Crippen LogP contribution in [0, 0.1) is 6.92 Å². The Morgan fingerprint density at radius 1 is 1.19 bits per heavy atom. The molecule has 1 heterocycles. The van der Waals surface area contributed by atoms with Gasteiger partial charge in [0.25, 0.3) is 5.91 Å². The molecule has 1 saturated heterocycles. The van der Waals surface area contributed by atoms with E-state index < -0.39 is 12.0 Å². The number of imide groups is 1. The average molecular weight is 352 g/mol. The van der Waals surface area contributed by atoms with Gasteiger partial charge in [0.1, 0.15) is 6.04 Å². The zero-order chi connectivity index (χ0) is 18.7. The van der Waals surface area contributed by atoms with Crippen LogP contribution in [-0.2, 0) is 16.0 Å². The fourth-order valence-electron chi connectivity index (χ4n) is 3.01. The quantitative estimate of drug-likeness (QED) is 0.780. The van der Waals surface area contributed by atoms with Crippen molar-refractivity contribution in [1.29, 1.82) is 0 Å². The van der Waals surface area contributed by atoms with E-state index in [0.717, 1.165) is 11.1 Å². The molecule has 3 rings (SSSR count). The maximum Gasteiger partial charge on any atom is 0.335 e. The van der Waals surface area contributed by atoms with Crippen LogP contribution in [0.4, 0.5) is 5.69 Å². The molecule has 0 spiro atoms. The molecule has 0 radical (unpaired) electrons. The number of carbonyl (C=O) groups excluding carboxylic acids is 2. The lowest BCUT2D eigenvalue weighted by Gasteiger charge is -2.17. The molecule has 1 aliphatic heterocycles. The minimum absolute atomic E-state index is 0.0738. The number of anilines is 1. The number of amides is 2. The van der Waals surface area contributed by atoms with E-state index in [1.807, 2.05) is 37.3 Å². The van der Waals surface area contributed by atoms with Crippen LogP contribution in [-0.4, -0.2) is 40.4 Å². The van der Waals surface area contributed by atoms with E-state index in [4.69, 9.17) is 5.11 Å². The van der Waals surface area contributed by atoms with E-state index in [1.54, 1.807) is 6.07 Å². The Morgan fingerprint density at radius 2 is 1.92 bits per heavy atom. The fourth-order valence-corrected chi connectivity index (χ4v) is 3.01. The van der Waals surface area contributed by atoms with Crippen molar-refractivity contribution in [3.8, 4) is 0 Å². The van der Waals surface area contributed by atoms with Gasteiger partial charge in [-0.2, -0.15) is 0 Å². The van der Waals surface area contributed by atoms with Crippen molar-refractivity contribution >= 4 is 23.5 Å². The zero-order valence-corrected chi connectivity index (χ0v) is 14.4. The molecule has 134 valence electrons. The highest BCUT2D eigenvalue weighted by Gasteiger charge is 2.38. The summed E-state index contributed by atoms with van der Waals surface area (Å²) in [5, 5.41) is 12.2. The average Bonchev–Trinajstić information content (AvgIpc) is 2.89. The fraction of sp³-hybridized carbons (Fsp3) is 0.250. The molecule has 6 nitrogen and oxygen atoms in total. The summed E-state index contributed by atoms with van der Waals surface area (Å²) in [6, 6.07) is 13.7. The molecule has 0 unspecified atom stereocenters. The van der Waals surface area contributed by atoms with Gasteiger partial charge in [-0.25, -0.2) is 4.79 Å². The monoisotopic (exact) mass is 352 g/mol. The third-order valence-electron chi connectivity index (χ3n) is 4.53. The third kappa shape index (κ3) is 3.74. The number of likely N-dealkylation sites (tertiary alicyclic amines) is 1. The Morgan fingerprint density at radius 3 is 2.62 bits per heavy atom. The highest BCUT2D eigenvalue weighted by molar-refractivity contribution is 6.07. The van der Waals surface area contributed by atoms with Crippen molar-refractivity contribution in [3.05, 3.63) is 65.2 Å². The predicted molar refractivity (Wildman–Crippen MR) is 97.0 cm³/mol. The molecule has 0 aliphatic carbocycles. The maximum absolute atomic E-state index is 12.6. The third-order valence-corrected chi connectivity index (χ3v) is 4.53. The van der Waals surface area contributed by atoms with Gasteiger partial charge in [-0.3, -0.25) is 14.5 Å². The topological polar surface area (TPSA) is 86.7 Å². The molecule has 2 aromatic rings. The highest BCUT2D eigenvalue weighted by atomic mass is 16.4. The van der Waals surface area contributed by atoms with Gasteiger partial charge in [-0.15, -0.1) is 0 Å². The van der Waals surface area contributed by atoms with Gasteiger partial charge in [0.15, 0.2) is 0 Å². The molecule has 26 heavy (non-hydrogen) atoms. The minimum Gasteiger partial charge on any atom is -0.478 e. The van der Waals surface area contributed by atoms with Crippen LogP contribution in [0.2, 0.25) is 0 Å². The minimum atomic E-state index is -1.04. The molecular formula is C20H20N2O4. The Kier molecular flexibility index (Phi) is 5.02. The molecule has 2 N–H and O–H groups in total. The van der Waals surface area contributed by atoms with E-state index in [9.17, 15) is 14.4 Å². The maximum atomic E-state index is 12.6. The molecule has 6 heteroatoms. The van der Waals surface area contributed by atoms with Crippen LogP contribution >= 0.6 is 0 Å². The lowest BCUT2D eigenvalue weighted by molar-refractivity contribution is -0.138. The number of carboxylic acid groups (broad SMARTS) is 1. The van der Waals surface area contributed by atoms with Gasteiger partial charge >= 0.3 is 5.97 Å². The summed E-state index contributed by atoms with van der Waals surface area (Å²) in [5.74, 6) is -1.52. The van der Waals surface area contributed by atoms with Gasteiger partial charge < -0.3 is 10.4 Å². The van der Waals surface area contributed by atoms with Crippen molar-refractivity contribution in [2.24, 2.45) is 0 Å². The molecule has 2 amide bonds. The van der Waals surface area contributed by atoms with Crippen molar-refractivity contribution in [2.45, 2.75) is 25.8 Å². The van der Waals surface area contributed by atoms with Crippen LogP contribution in [0.25, 0.3) is 0 Å². The first-order valence-electron chi connectivity index (χ1n) is 8.44. The van der Waals surface area contributed by atoms with Crippen LogP contribution in [0.5, 0.6) is 0 Å². The van der Waals surface area contributed by atoms with E-state index in [2.05, 4.69) is 5.32 Å². The molecular weight excluding hydrogens is 332 g/mol. The summed E-state index contributed by atoms with van der Waals surface area (Å²) < 4.78 is 0. The van der Waals surface area contributed by atoms with Crippen LogP contribution in [0.15, 0.2) is 48.5 Å². The molecule has 1 aliphatic rings. The smallest absolute Gasteiger partial charge is 0.335 e. The number of rotatable bonds is 6. The Balaban J connectivity index is 1.69. The zero-order valence-electron chi connectivity index (χ0n) is 14.4. The van der Waals surface area contributed by atoms with Gasteiger partial charge in [0.05, 0.1) is 12.0 Å². The van der Waals surface area contributed by atoms with Crippen molar-refractivity contribution < 1.29 is 19.5 Å². The number of hydrogen-bond acceptors (Lipinski definition) is 4. The second-order valence-corrected chi connectivity index (χ2v) is 6.36. The first-order chi connectivity index (χ1) is 12.5. The number of carbonyl (C=O) groups is 3. The molecule has 1 fully saturated rings. The van der Waals surface area contributed by atoms with E-state index in [-0.39, 0.29) is 23.8 Å². The van der Waals surface area contributed by atoms with Crippen LogP contribution in [0.1, 0.15) is 27.9 Å². The Hall–Kier alpha value is -3.15. The normalized spacial score (nSPS) is 16.8. The number of carboxylic acids is 1.